The van der Waals surface area contributed by atoms with Crippen LogP contribution in [0.25, 0.3) is 0 Å². The van der Waals surface area contributed by atoms with E-state index in [4.69, 9.17) is 0 Å². The fourth-order valence-corrected chi connectivity index (χ4v) is 2.90. The number of carboxylic acid groups (broad SMARTS) is 1. The summed E-state index contributed by atoms with van der Waals surface area (Å²) in [6.07, 6.45) is 2.38. The van der Waals surface area contributed by atoms with Gasteiger partial charge in [0.2, 0.25) is 5.91 Å². The molecule has 2 aliphatic carbocycles. The molecule has 112 valence electrons. The standard InChI is InChI=1S/C16H18FNO3/c1-16(15(20)21,10-4-5-10)18-14(19)13-8-12(13)9-2-6-11(17)7-3-9/h2-3,6-7,10,12-13H,4-5,8H2,1H3,(H,18,19)(H,20,21)/t12-,13-,16-/m1/s1. The monoisotopic (exact) mass is 291 g/mol. The van der Waals surface area contributed by atoms with Crippen LogP contribution in [0.5, 0.6) is 0 Å². The maximum Gasteiger partial charge on any atom is 0.329 e. The summed E-state index contributed by atoms with van der Waals surface area (Å²) in [7, 11) is 0. The maximum atomic E-state index is 12.9. The van der Waals surface area contributed by atoms with Crippen LogP contribution in [0.2, 0.25) is 0 Å². The molecule has 3 atom stereocenters. The number of carboxylic acids is 1. The second-order valence-corrected chi connectivity index (χ2v) is 6.27. The van der Waals surface area contributed by atoms with Crippen molar-refractivity contribution >= 4 is 11.9 Å². The van der Waals surface area contributed by atoms with E-state index in [1.54, 1.807) is 19.1 Å². The van der Waals surface area contributed by atoms with Crippen molar-refractivity contribution < 1.29 is 19.1 Å². The third-order valence-corrected chi connectivity index (χ3v) is 4.65. The van der Waals surface area contributed by atoms with Gasteiger partial charge in [0.15, 0.2) is 0 Å². The number of aliphatic carboxylic acids is 1. The van der Waals surface area contributed by atoms with Crippen LogP contribution in [-0.2, 0) is 9.59 Å². The van der Waals surface area contributed by atoms with E-state index in [1.165, 1.54) is 12.1 Å². The van der Waals surface area contributed by atoms with Crippen LogP contribution in [-0.4, -0.2) is 22.5 Å². The van der Waals surface area contributed by atoms with Gasteiger partial charge in [-0.1, -0.05) is 12.1 Å². The molecule has 2 saturated carbocycles. The summed E-state index contributed by atoms with van der Waals surface area (Å²) in [4.78, 5) is 23.7. The quantitative estimate of drug-likeness (QED) is 0.874. The van der Waals surface area contributed by atoms with Gasteiger partial charge in [-0.15, -0.1) is 0 Å². The predicted octanol–water partition coefficient (Wildman–Crippen LogP) is 2.30. The molecule has 2 N–H and O–H groups in total. The Bertz CT molecular complexity index is 582. The van der Waals surface area contributed by atoms with E-state index in [-0.39, 0.29) is 29.5 Å². The molecule has 5 heteroatoms. The molecule has 0 radical (unpaired) electrons. The fourth-order valence-electron chi connectivity index (χ4n) is 2.90. The molecule has 0 bridgehead atoms. The first-order valence-electron chi connectivity index (χ1n) is 7.22. The first-order valence-corrected chi connectivity index (χ1v) is 7.22. The molecule has 2 aliphatic rings. The summed E-state index contributed by atoms with van der Waals surface area (Å²) in [6, 6.07) is 6.14. The number of hydrogen-bond acceptors (Lipinski definition) is 2. The minimum absolute atomic E-state index is 0.0296. The Balaban J connectivity index is 1.65. The van der Waals surface area contributed by atoms with Crippen LogP contribution in [0, 0.1) is 17.7 Å². The van der Waals surface area contributed by atoms with Crippen LogP contribution >= 0.6 is 0 Å². The first-order chi connectivity index (χ1) is 9.91. The molecule has 0 heterocycles. The second-order valence-electron chi connectivity index (χ2n) is 6.27. The van der Waals surface area contributed by atoms with E-state index in [1.807, 2.05) is 0 Å². The topological polar surface area (TPSA) is 66.4 Å². The number of halogens is 1. The second kappa shape index (κ2) is 4.83. The minimum atomic E-state index is -1.16. The van der Waals surface area contributed by atoms with E-state index < -0.39 is 11.5 Å². The van der Waals surface area contributed by atoms with E-state index >= 15 is 0 Å². The van der Waals surface area contributed by atoms with Crippen LogP contribution in [0.15, 0.2) is 24.3 Å². The molecule has 2 fully saturated rings. The molecule has 0 saturated heterocycles. The van der Waals surface area contributed by atoms with E-state index in [0.29, 0.717) is 6.42 Å². The fraction of sp³-hybridized carbons (Fsp3) is 0.500. The molecule has 0 spiro atoms. The zero-order valence-electron chi connectivity index (χ0n) is 11.8. The Hall–Kier alpha value is -1.91. The van der Waals surface area contributed by atoms with Crippen molar-refractivity contribution in [3.63, 3.8) is 0 Å². The summed E-state index contributed by atoms with van der Waals surface area (Å²) in [5.74, 6) is -1.58. The van der Waals surface area contributed by atoms with Crippen LogP contribution in [0.4, 0.5) is 4.39 Å². The molecule has 0 unspecified atom stereocenters. The first kappa shape index (κ1) is 14.0. The highest BCUT2D eigenvalue weighted by Gasteiger charge is 2.52. The van der Waals surface area contributed by atoms with E-state index in [2.05, 4.69) is 5.32 Å². The van der Waals surface area contributed by atoms with Gasteiger partial charge in [0.25, 0.3) is 0 Å². The third-order valence-electron chi connectivity index (χ3n) is 4.65. The average Bonchev–Trinajstić information content (AvgIpc) is 3.30. The highest BCUT2D eigenvalue weighted by molar-refractivity contribution is 5.90. The van der Waals surface area contributed by atoms with Crippen molar-refractivity contribution in [1.82, 2.24) is 5.32 Å². The zero-order chi connectivity index (χ0) is 15.2. The molecular formula is C16H18FNO3. The average molecular weight is 291 g/mol. The van der Waals surface area contributed by atoms with Gasteiger partial charge < -0.3 is 10.4 Å². The lowest BCUT2D eigenvalue weighted by molar-refractivity contribution is -0.148. The molecule has 1 aromatic rings. The van der Waals surface area contributed by atoms with Gasteiger partial charge in [0.1, 0.15) is 11.4 Å². The Morgan fingerprint density at radius 2 is 1.90 bits per heavy atom. The molecule has 0 aliphatic heterocycles. The molecule has 21 heavy (non-hydrogen) atoms. The zero-order valence-corrected chi connectivity index (χ0v) is 11.8. The smallest absolute Gasteiger partial charge is 0.329 e. The van der Waals surface area contributed by atoms with Crippen molar-refractivity contribution in [3.8, 4) is 0 Å². The Labute approximate surface area is 122 Å². The lowest BCUT2D eigenvalue weighted by atomic mass is 9.95. The summed E-state index contributed by atoms with van der Waals surface area (Å²) in [6.45, 7) is 1.58. The SMILES string of the molecule is C[C@](NC(=O)[C@@H]1C[C@@H]1c1ccc(F)cc1)(C(=O)O)C1CC1. The molecule has 4 nitrogen and oxygen atoms in total. The maximum absolute atomic E-state index is 12.9. The van der Waals surface area contributed by atoms with Crippen LogP contribution < -0.4 is 5.32 Å². The van der Waals surface area contributed by atoms with Gasteiger partial charge in [-0.2, -0.15) is 0 Å². The number of hydrogen-bond donors (Lipinski definition) is 2. The molecule has 0 aromatic heterocycles. The van der Waals surface area contributed by atoms with Gasteiger partial charge in [-0.3, -0.25) is 4.79 Å². The van der Waals surface area contributed by atoms with Gasteiger partial charge in [0.05, 0.1) is 0 Å². The largest absolute Gasteiger partial charge is 0.480 e. The number of carbonyl (C=O) groups is 2. The van der Waals surface area contributed by atoms with Crippen molar-refractivity contribution in [1.29, 1.82) is 0 Å². The summed E-state index contributed by atoms with van der Waals surface area (Å²) >= 11 is 0. The normalized spacial score (nSPS) is 26.8. The highest BCUT2D eigenvalue weighted by atomic mass is 19.1. The highest BCUT2D eigenvalue weighted by Crippen LogP contribution is 2.48. The van der Waals surface area contributed by atoms with Gasteiger partial charge >= 0.3 is 5.97 Å². The number of benzene rings is 1. The van der Waals surface area contributed by atoms with Gasteiger partial charge in [-0.05, 0) is 55.7 Å². The number of amides is 1. The van der Waals surface area contributed by atoms with Crippen molar-refractivity contribution in [2.75, 3.05) is 0 Å². The third kappa shape index (κ3) is 2.64. The lowest BCUT2D eigenvalue weighted by Crippen LogP contribution is -2.54. The number of nitrogens with one attached hydrogen (secondary N) is 1. The van der Waals surface area contributed by atoms with Crippen LogP contribution in [0.3, 0.4) is 0 Å². The number of carbonyl (C=O) groups excluding carboxylic acids is 1. The summed E-state index contributed by atoms with van der Waals surface area (Å²) in [5, 5.41) is 12.1. The molecule has 1 amide bonds. The van der Waals surface area contributed by atoms with Gasteiger partial charge in [0, 0.05) is 5.92 Å². The van der Waals surface area contributed by atoms with Crippen LogP contribution in [0.1, 0.15) is 37.7 Å². The van der Waals surface area contributed by atoms with Crippen molar-refractivity contribution in [2.45, 2.75) is 37.6 Å². The lowest BCUT2D eigenvalue weighted by Gasteiger charge is -2.26. The van der Waals surface area contributed by atoms with E-state index in [0.717, 1.165) is 18.4 Å². The molecule has 3 rings (SSSR count). The van der Waals surface area contributed by atoms with Gasteiger partial charge in [-0.25, -0.2) is 9.18 Å². The summed E-state index contributed by atoms with van der Waals surface area (Å²) < 4.78 is 12.9. The molecule has 1 aromatic carbocycles. The summed E-state index contributed by atoms with van der Waals surface area (Å²) in [5.41, 5.74) is -0.229. The minimum Gasteiger partial charge on any atom is -0.480 e. The Morgan fingerprint density at radius 3 is 2.43 bits per heavy atom. The Kier molecular flexibility index (Phi) is 3.23. The van der Waals surface area contributed by atoms with E-state index in [9.17, 15) is 19.1 Å². The Morgan fingerprint density at radius 1 is 1.29 bits per heavy atom. The predicted molar refractivity (Wildman–Crippen MR) is 74.2 cm³/mol. The molecular weight excluding hydrogens is 273 g/mol. The van der Waals surface area contributed by atoms with Crippen molar-refractivity contribution in [3.05, 3.63) is 35.6 Å². The number of rotatable bonds is 5. The van der Waals surface area contributed by atoms with Crippen molar-refractivity contribution in [2.24, 2.45) is 11.8 Å².